The molecule has 1 atom stereocenters. The van der Waals surface area contributed by atoms with Gasteiger partial charge in [0.2, 0.25) is 0 Å². The molecule has 3 rings (SSSR count). The van der Waals surface area contributed by atoms with E-state index in [1.807, 2.05) is 35.8 Å². The number of hydrogen-bond donors (Lipinski definition) is 1. The zero-order chi connectivity index (χ0) is 19.4. The van der Waals surface area contributed by atoms with E-state index < -0.39 is 0 Å². The Bertz CT molecular complexity index is 675. The fourth-order valence-electron chi connectivity index (χ4n) is 3.98. The van der Waals surface area contributed by atoms with Crippen molar-refractivity contribution < 1.29 is 14.3 Å². The van der Waals surface area contributed by atoms with Crippen molar-refractivity contribution in [2.45, 2.75) is 46.1 Å². The molecular formula is C21H31N3O3. The number of benzene rings is 1. The predicted molar refractivity (Wildman–Crippen MR) is 105 cm³/mol. The standard InChI is InChI=1S/C21H31N3O3/c1-15-11-18(21(26)24-10-7-22-13-17(24)3)12-16(2)20(15)27-14-19(25)23-8-5-4-6-9-23/h11-12,17,22H,4-10,13-14H2,1-3H3. The maximum Gasteiger partial charge on any atom is 0.260 e. The largest absolute Gasteiger partial charge is 0.483 e. The molecule has 1 aromatic rings. The highest BCUT2D eigenvalue weighted by Gasteiger charge is 2.25. The summed E-state index contributed by atoms with van der Waals surface area (Å²) in [7, 11) is 0. The van der Waals surface area contributed by atoms with Crippen molar-refractivity contribution in [3.63, 3.8) is 0 Å². The van der Waals surface area contributed by atoms with Gasteiger partial charge in [-0.2, -0.15) is 0 Å². The Morgan fingerprint density at radius 2 is 1.78 bits per heavy atom. The van der Waals surface area contributed by atoms with E-state index in [0.717, 1.165) is 56.7 Å². The Balaban J connectivity index is 1.67. The van der Waals surface area contributed by atoms with E-state index >= 15 is 0 Å². The fraction of sp³-hybridized carbons (Fsp3) is 0.619. The molecule has 2 aliphatic heterocycles. The summed E-state index contributed by atoms with van der Waals surface area (Å²) >= 11 is 0. The monoisotopic (exact) mass is 373 g/mol. The molecule has 2 aliphatic rings. The number of aryl methyl sites for hydroxylation is 2. The average Bonchev–Trinajstić information content (AvgIpc) is 2.67. The van der Waals surface area contributed by atoms with Crippen molar-refractivity contribution in [3.8, 4) is 5.75 Å². The molecule has 2 heterocycles. The van der Waals surface area contributed by atoms with Crippen LogP contribution in [0.3, 0.4) is 0 Å². The molecule has 0 saturated carbocycles. The van der Waals surface area contributed by atoms with E-state index in [-0.39, 0.29) is 24.5 Å². The second kappa shape index (κ2) is 8.74. The summed E-state index contributed by atoms with van der Waals surface area (Å²) in [5, 5.41) is 3.31. The summed E-state index contributed by atoms with van der Waals surface area (Å²) in [4.78, 5) is 29.0. The van der Waals surface area contributed by atoms with Gasteiger partial charge in [0.25, 0.3) is 11.8 Å². The van der Waals surface area contributed by atoms with Gasteiger partial charge in [-0.25, -0.2) is 0 Å². The summed E-state index contributed by atoms with van der Waals surface area (Å²) in [6, 6.07) is 3.94. The number of piperazine rings is 1. The molecule has 2 amide bonds. The summed E-state index contributed by atoms with van der Waals surface area (Å²) in [6.07, 6.45) is 3.35. The zero-order valence-corrected chi connectivity index (χ0v) is 16.7. The topological polar surface area (TPSA) is 61.9 Å². The maximum atomic E-state index is 12.9. The third-order valence-corrected chi connectivity index (χ3v) is 5.52. The van der Waals surface area contributed by atoms with Gasteiger partial charge in [-0.3, -0.25) is 9.59 Å². The number of carbonyl (C=O) groups excluding carboxylic acids is 2. The van der Waals surface area contributed by atoms with E-state index in [9.17, 15) is 9.59 Å². The highest BCUT2D eigenvalue weighted by Crippen LogP contribution is 2.26. The number of nitrogens with one attached hydrogen (secondary N) is 1. The molecule has 27 heavy (non-hydrogen) atoms. The fourth-order valence-corrected chi connectivity index (χ4v) is 3.98. The minimum atomic E-state index is 0.0447. The Hall–Kier alpha value is -2.08. The molecule has 148 valence electrons. The van der Waals surface area contributed by atoms with Crippen molar-refractivity contribution in [2.24, 2.45) is 0 Å². The van der Waals surface area contributed by atoms with Crippen LogP contribution in [0.15, 0.2) is 12.1 Å². The minimum absolute atomic E-state index is 0.0447. The molecule has 0 aromatic heterocycles. The van der Waals surface area contributed by atoms with Gasteiger partial charge < -0.3 is 19.9 Å². The number of rotatable bonds is 4. The summed E-state index contributed by atoms with van der Waals surface area (Å²) in [6.45, 7) is 10.0. The SMILES string of the molecule is Cc1cc(C(=O)N2CCNCC2C)cc(C)c1OCC(=O)N1CCCCC1. The first kappa shape index (κ1) is 19.7. The van der Waals surface area contributed by atoms with Gasteiger partial charge >= 0.3 is 0 Å². The molecular weight excluding hydrogens is 342 g/mol. The second-order valence-corrected chi connectivity index (χ2v) is 7.72. The lowest BCUT2D eigenvalue weighted by Crippen LogP contribution is -2.52. The minimum Gasteiger partial charge on any atom is -0.483 e. The van der Waals surface area contributed by atoms with Crippen LogP contribution in [0.1, 0.15) is 47.7 Å². The van der Waals surface area contributed by atoms with E-state index in [1.165, 1.54) is 6.42 Å². The average molecular weight is 373 g/mol. The van der Waals surface area contributed by atoms with Gasteiger partial charge in [-0.15, -0.1) is 0 Å². The van der Waals surface area contributed by atoms with Crippen LogP contribution < -0.4 is 10.1 Å². The van der Waals surface area contributed by atoms with Crippen LogP contribution in [-0.4, -0.2) is 67.0 Å². The van der Waals surface area contributed by atoms with E-state index in [4.69, 9.17) is 4.74 Å². The number of piperidine rings is 1. The first-order valence-corrected chi connectivity index (χ1v) is 10.0. The lowest BCUT2D eigenvalue weighted by atomic mass is 10.0. The lowest BCUT2D eigenvalue weighted by Gasteiger charge is -2.34. The molecule has 6 nitrogen and oxygen atoms in total. The number of nitrogens with zero attached hydrogens (tertiary/aromatic N) is 2. The summed E-state index contributed by atoms with van der Waals surface area (Å²) in [5.74, 6) is 0.819. The zero-order valence-electron chi connectivity index (χ0n) is 16.7. The number of ether oxygens (including phenoxy) is 1. The normalized spacial score (nSPS) is 20.5. The number of amides is 2. The van der Waals surface area contributed by atoms with Crippen molar-refractivity contribution >= 4 is 11.8 Å². The van der Waals surface area contributed by atoms with E-state index in [1.54, 1.807) is 0 Å². The van der Waals surface area contributed by atoms with Crippen molar-refractivity contribution in [3.05, 3.63) is 28.8 Å². The van der Waals surface area contributed by atoms with E-state index in [0.29, 0.717) is 11.3 Å². The second-order valence-electron chi connectivity index (χ2n) is 7.72. The van der Waals surface area contributed by atoms with Gasteiger partial charge in [0.15, 0.2) is 6.61 Å². The van der Waals surface area contributed by atoms with Crippen molar-refractivity contribution in [2.75, 3.05) is 39.3 Å². The summed E-state index contributed by atoms with van der Waals surface area (Å²) in [5.41, 5.74) is 2.48. The van der Waals surface area contributed by atoms with Crippen LogP contribution in [0.5, 0.6) is 5.75 Å². The molecule has 0 radical (unpaired) electrons. The van der Waals surface area contributed by atoms with Gasteiger partial charge in [0, 0.05) is 44.3 Å². The first-order chi connectivity index (χ1) is 13.0. The quantitative estimate of drug-likeness (QED) is 0.878. The molecule has 0 aliphatic carbocycles. The highest BCUT2D eigenvalue weighted by atomic mass is 16.5. The molecule has 2 saturated heterocycles. The molecule has 6 heteroatoms. The molecule has 0 spiro atoms. The van der Waals surface area contributed by atoms with Gasteiger partial charge in [-0.1, -0.05) is 0 Å². The third kappa shape index (κ3) is 4.61. The van der Waals surface area contributed by atoms with Crippen molar-refractivity contribution in [1.82, 2.24) is 15.1 Å². The predicted octanol–water partition coefficient (Wildman–Crippen LogP) is 2.13. The van der Waals surface area contributed by atoms with Gasteiger partial charge in [-0.05, 0) is 63.3 Å². The maximum absolute atomic E-state index is 12.9. The van der Waals surface area contributed by atoms with Crippen LogP contribution in [-0.2, 0) is 4.79 Å². The van der Waals surface area contributed by atoms with Gasteiger partial charge in [0.1, 0.15) is 5.75 Å². The third-order valence-electron chi connectivity index (χ3n) is 5.52. The molecule has 2 fully saturated rings. The Morgan fingerprint density at radius 1 is 1.11 bits per heavy atom. The van der Waals surface area contributed by atoms with Crippen molar-refractivity contribution in [1.29, 1.82) is 0 Å². The smallest absolute Gasteiger partial charge is 0.260 e. The van der Waals surface area contributed by atoms with Crippen LogP contribution in [0.4, 0.5) is 0 Å². The Morgan fingerprint density at radius 3 is 2.41 bits per heavy atom. The Kier molecular flexibility index (Phi) is 6.37. The number of hydrogen-bond acceptors (Lipinski definition) is 4. The van der Waals surface area contributed by atoms with Crippen LogP contribution in [0.2, 0.25) is 0 Å². The molecule has 1 unspecified atom stereocenters. The van der Waals surface area contributed by atoms with Gasteiger partial charge in [0.05, 0.1) is 0 Å². The molecule has 0 bridgehead atoms. The highest BCUT2D eigenvalue weighted by molar-refractivity contribution is 5.95. The molecule has 1 N–H and O–H groups in total. The first-order valence-electron chi connectivity index (χ1n) is 10.0. The van der Waals surface area contributed by atoms with E-state index in [2.05, 4.69) is 12.2 Å². The lowest BCUT2D eigenvalue weighted by molar-refractivity contribution is -0.134. The number of likely N-dealkylation sites (tertiary alicyclic amines) is 1. The Labute approximate surface area is 161 Å². The van der Waals surface area contributed by atoms with Crippen LogP contribution >= 0.6 is 0 Å². The van der Waals surface area contributed by atoms with Crippen LogP contribution in [0, 0.1) is 13.8 Å². The number of carbonyl (C=O) groups is 2. The summed E-state index contributed by atoms with van der Waals surface area (Å²) < 4.78 is 5.86. The van der Waals surface area contributed by atoms with Crippen LogP contribution in [0.25, 0.3) is 0 Å². The molecule has 1 aromatic carbocycles.